The molecule has 0 radical (unpaired) electrons. The lowest BCUT2D eigenvalue weighted by Crippen LogP contribution is -2.39. The van der Waals surface area contributed by atoms with Crippen molar-refractivity contribution in [3.8, 4) is 0 Å². The molecular weight excluding hydrogens is 296 g/mol. The average Bonchev–Trinajstić information content (AvgIpc) is 2.50. The molecule has 6 heteroatoms. The van der Waals surface area contributed by atoms with Gasteiger partial charge in [-0.3, -0.25) is 14.4 Å². The molecule has 0 aliphatic carbocycles. The van der Waals surface area contributed by atoms with Crippen LogP contribution in [0.25, 0.3) is 0 Å². The number of amides is 2. The van der Waals surface area contributed by atoms with Gasteiger partial charge < -0.3 is 15.0 Å². The third-order valence-corrected chi connectivity index (χ3v) is 3.20. The molecule has 2 amide bonds. The van der Waals surface area contributed by atoms with Crippen LogP contribution in [0.4, 0.5) is 0 Å². The Bertz CT molecular complexity index is 557. The number of esters is 1. The molecule has 0 fully saturated rings. The van der Waals surface area contributed by atoms with Crippen LogP contribution in [0.2, 0.25) is 0 Å². The summed E-state index contributed by atoms with van der Waals surface area (Å²) in [5.74, 6) is -0.657. The first-order chi connectivity index (χ1) is 10.9. The molecule has 0 aliphatic heterocycles. The molecule has 0 aromatic heterocycles. The highest BCUT2D eigenvalue weighted by atomic mass is 16.5. The van der Waals surface area contributed by atoms with Gasteiger partial charge in [0.2, 0.25) is 5.91 Å². The summed E-state index contributed by atoms with van der Waals surface area (Å²) in [6.45, 7) is 6.33. The Balaban J connectivity index is 2.74. The van der Waals surface area contributed by atoms with E-state index in [1.165, 1.54) is 6.92 Å². The van der Waals surface area contributed by atoms with Gasteiger partial charge in [0, 0.05) is 32.1 Å². The minimum absolute atomic E-state index is 0.130. The van der Waals surface area contributed by atoms with Gasteiger partial charge in [-0.1, -0.05) is 17.7 Å². The minimum Gasteiger partial charge on any atom is -0.466 e. The first-order valence-electron chi connectivity index (χ1n) is 7.70. The van der Waals surface area contributed by atoms with E-state index in [0.717, 1.165) is 5.56 Å². The summed E-state index contributed by atoms with van der Waals surface area (Å²) in [4.78, 5) is 36.6. The Morgan fingerprint density at radius 1 is 1.22 bits per heavy atom. The number of carbonyl (C=O) groups excluding carboxylic acids is 3. The minimum atomic E-state index is -0.339. The summed E-state index contributed by atoms with van der Waals surface area (Å²) >= 11 is 0. The van der Waals surface area contributed by atoms with Crippen LogP contribution < -0.4 is 5.32 Å². The summed E-state index contributed by atoms with van der Waals surface area (Å²) in [6, 6.07) is 7.28. The van der Waals surface area contributed by atoms with E-state index in [9.17, 15) is 14.4 Å². The molecule has 1 aromatic rings. The quantitative estimate of drug-likeness (QED) is 0.737. The van der Waals surface area contributed by atoms with E-state index in [4.69, 9.17) is 4.74 Å². The second-order valence-corrected chi connectivity index (χ2v) is 5.20. The van der Waals surface area contributed by atoms with Crippen LogP contribution in [-0.4, -0.2) is 48.9 Å². The Morgan fingerprint density at radius 3 is 2.57 bits per heavy atom. The van der Waals surface area contributed by atoms with Crippen molar-refractivity contribution >= 4 is 17.8 Å². The molecule has 0 saturated carbocycles. The maximum atomic E-state index is 12.6. The van der Waals surface area contributed by atoms with Gasteiger partial charge in [0.05, 0.1) is 13.0 Å². The van der Waals surface area contributed by atoms with E-state index < -0.39 is 0 Å². The number of carbonyl (C=O) groups is 3. The summed E-state index contributed by atoms with van der Waals surface area (Å²) in [5.41, 5.74) is 1.56. The summed E-state index contributed by atoms with van der Waals surface area (Å²) in [6.07, 6.45) is 0.130. The van der Waals surface area contributed by atoms with Crippen LogP contribution in [0, 0.1) is 6.92 Å². The van der Waals surface area contributed by atoms with Crippen LogP contribution in [0.15, 0.2) is 24.3 Å². The van der Waals surface area contributed by atoms with Gasteiger partial charge in [-0.2, -0.15) is 0 Å². The smallest absolute Gasteiger partial charge is 0.307 e. The summed E-state index contributed by atoms with van der Waals surface area (Å²) < 4.78 is 4.89. The van der Waals surface area contributed by atoms with Crippen LogP contribution in [0.3, 0.4) is 0 Å². The van der Waals surface area contributed by atoms with E-state index in [1.807, 2.05) is 19.1 Å². The SMILES string of the molecule is CCOC(=O)CCN(CCNC(C)=O)C(=O)c1cccc(C)c1. The van der Waals surface area contributed by atoms with Gasteiger partial charge in [0.15, 0.2) is 0 Å². The Hall–Kier alpha value is -2.37. The van der Waals surface area contributed by atoms with Crippen LogP contribution >= 0.6 is 0 Å². The monoisotopic (exact) mass is 320 g/mol. The molecule has 126 valence electrons. The molecule has 23 heavy (non-hydrogen) atoms. The van der Waals surface area contributed by atoms with Crippen molar-refractivity contribution in [2.75, 3.05) is 26.2 Å². The zero-order valence-electron chi connectivity index (χ0n) is 13.9. The molecular formula is C17H24N2O4. The average molecular weight is 320 g/mol. The van der Waals surface area contributed by atoms with Crippen molar-refractivity contribution in [3.05, 3.63) is 35.4 Å². The number of aryl methyl sites for hydroxylation is 1. The molecule has 6 nitrogen and oxygen atoms in total. The van der Waals surface area contributed by atoms with Gasteiger partial charge in [-0.05, 0) is 26.0 Å². The highest BCUT2D eigenvalue weighted by Gasteiger charge is 2.17. The third kappa shape index (κ3) is 6.95. The van der Waals surface area contributed by atoms with Crippen molar-refractivity contribution in [3.63, 3.8) is 0 Å². The van der Waals surface area contributed by atoms with Crippen LogP contribution in [0.1, 0.15) is 36.2 Å². The van der Waals surface area contributed by atoms with Gasteiger partial charge in [0.25, 0.3) is 5.91 Å². The molecule has 0 bridgehead atoms. The Morgan fingerprint density at radius 2 is 1.96 bits per heavy atom. The second kappa shape index (κ2) is 9.61. The van der Waals surface area contributed by atoms with Crippen LogP contribution in [0.5, 0.6) is 0 Å². The molecule has 1 N–H and O–H groups in total. The molecule has 1 aromatic carbocycles. The van der Waals surface area contributed by atoms with Gasteiger partial charge >= 0.3 is 5.97 Å². The highest BCUT2D eigenvalue weighted by molar-refractivity contribution is 5.94. The summed E-state index contributed by atoms with van der Waals surface area (Å²) in [7, 11) is 0. The highest BCUT2D eigenvalue weighted by Crippen LogP contribution is 2.08. The lowest BCUT2D eigenvalue weighted by molar-refractivity contribution is -0.143. The van der Waals surface area contributed by atoms with Crippen molar-refractivity contribution in [2.24, 2.45) is 0 Å². The van der Waals surface area contributed by atoms with Crippen molar-refractivity contribution < 1.29 is 19.1 Å². The van der Waals surface area contributed by atoms with E-state index in [1.54, 1.807) is 24.0 Å². The first-order valence-corrected chi connectivity index (χ1v) is 7.70. The second-order valence-electron chi connectivity index (χ2n) is 5.20. The number of ether oxygens (including phenoxy) is 1. The maximum absolute atomic E-state index is 12.6. The van der Waals surface area contributed by atoms with E-state index in [2.05, 4.69) is 5.32 Å². The predicted octanol–water partition coefficient (Wildman–Crippen LogP) is 1.53. The predicted molar refractivity (Wildman–Crippen MR) is 87.0 cm³/mol. The Labute approximate surface area is 136 Å². The third-order valence-electron chi connectivity index (χ3n) is 3.20. The number of nitrogens with one attached hydrogen (secondary N) is 1. The zero-order valence-corrected chi connectivity index (χ0v) is 13.9. The van der Waals surface area contributed by atoms with Crippen molar-refractivity contribution in [2.45, 2.75) is 27.2 Å². The normalized spacial score (nSPS) is 10.0. The first kappa shape index (κ1) is 18.7. The van der Waals surface area contributed by atoms with E-state index >= 15 is 0 Å². The molecule has 0 unspecified atom stereocenters. The Kier molecular flexibility index (Phi) is 7.80. The number of hydrogen-bond acceptors (Lipinski definition) is 4. The fourth-order valence-electron chi connectivity index (χ4n) is 2.10. The fraction of sp³-hybridized carbons (Fsp3) is 0.471. The largest absolute Gasteiger partial charge is 0.466 e. The van der Waals surface area contributed by atoms with Gasteiger partial charge in [-0.15, -0.1) is 0 Å². The maximum Gasteiger partial charge on any atom is 0.307 e. The summed E-state index contributed by atoms with van der Waals surface area (Å²) in [5, 5.41) is 2.66. The molecule has 1 rings (SSSR count). The molecule has 0 heterocycles. The molecule has 0 atom stereocenters. The molecule has 0 saturated heterocycles. The number of rotatable bonds is 8. The zero-order chi connectivity index (χ0) is 17.2. The van der Waals surface area contributed by atoms with Gasteiger partial charge in [0.1, 0.15) is 0 Å². The van der Waals surface area contributed by atoms with Crippen molar-refractivity contribution in [1.82, 2.24) is 10.2 Å². The van der Waals surface area contributed by atoms with Crippen molar-refractivity contribution in [1.29, 1.82) is 0 Å². The van der Waals surface area contributed by atoms with Gasteiger partial charge in [-0.25, -0.2) is 0 Å². The van der Waals surface area contributed by atoms with E-state index in [-0.39, 0.29) is 30.7 Å². The number of nitrogens with zero attached hydrogens (tertiary/aromatic N) is 1. The number of benzene rings is 1. The van der Waals surface area contributed by atoms with Crippen LogP contribution in [-0.2, 0) is 14.3 Å². The molecule has 0 aliphatic rings. The number of hydrogen-bond donors (Lipinski definition) is 1. The lowest BCUT2D eigenvalue weighted by atomic mass is 10.1. The molecule has 0 spiro atoms. The topological polar surface area (TPSA) is 75.7 Å². The lowest BCUT2D eigenvalue weighted by Gasteiger charge is -2.22. The fourth-order valence-corrected chi connectivity index (χ4v) is 2.10. The van der Waals surface area contributed by atoms with E-state index in [0.29, 0.717) is 25.3 Å². The standard InChI is InChI=1S/C17H24N2O4/c1-4-23-16(21)8-10-19(11-9-18-14(3)20)17(22)15-7-5-6-13(2)12-15/h5-7,12H,4,8-11H2,1-3H3,(H,18,20).